The minimum atomic E-state index is -2.98. The number of carboxylic acids is 3. The normalized spacial score (nSPS) is 18.6. The van der Waals surface area contributed by atoms with Crippen molar-refractivity contribution in [2.24, 2.45) is 5.41 Å². The van der Waals surface area contributed by atoms with E-state index in [1.54, 1.807) is 0 Å². The summed E-state index contributed by atoms with van der Waals surface area (Å²) in [6.07, 6.45) is 0.598. The molecular formula is C22H25IN2O6. The fourth-order valence-electron chi connectivity index (χ4n) is 4.44. The predicted molar refractivity (Wildman–Crippen MR) is 120 cm³/mol. The van der Waals surface area contributed by atoms with Crippen LogP contribution in [0.1, 0.15) is 74.1 Å². The average Bonchev–Trinajstić information content (AvgIpc) is 3.05. The highest BCUT2D eigenvalue weighted by atomic mass is 127. The Kier molecular flexibility index (Phi) is 6.45. The van der Waals surface area contributed by atoms with Crippen molar-refractivity contribution in [2.45, 2.75) is 57.9 Å². The number of carboxylic acid groups (broad SMARTS) is 3. The molecule has 0 bridgehead atoms. The Morgan fingerprint density at radius 2 is 1.65 bits per heavy atom. The van der Waals surface area contributed by atoms with Gasteiger partial charge >= 0.3 is 17.9 Å². The molecule has 0 saturated heterocycles. The van der Waals surface area contributed by atoms with Crippen LogP contribution in [0.4, 0.5) is 0 Å². The van der Waals surface area contributed by atoms with Gasteiger partial charge in [0.05, 0.1) is 5.69 Å². The second kappa shape index (κ2) is 8.60. The second-order valence-corrected chi connectivity index (χ2v) is 9.61. The first-order chi connectivity index (χ1) is 14.5. The van der Waals surface area contributed by atoms with E-state index in [1.807, 2.05) is 49.6 Å². The predicted octanol–water partition coefficient (Wildman–Crippen LogP) is 3.88. The van der Waals surface area contributed by atoms with Crippen LogP contribution in [0.2, 0.25) is 0 Å². The largest absolute Gasteiger partial charge is 0.480 e. The van der Waals surface area contributed by atoms with Crippen LogP contribution in [0.25, 0.3) is 0 Å². The van der Waals surface area contributed by atoms with Crippen molar-refractivity contribution in [1.29, 1.82) is 0 Å². The van der Waals surface area contributed by atoms with E-state index in [9.17, 15) is 29.7 Å². The lowest BCUT2D eigenvalue weighted by Crippen LogP contribution is -2.52. The summed E-state index contributed by atoms with van der Waals surface area (Å²) in [7, 11) is 0. The molecule has 8 nitrogen and oxygen atoms in total. The van der Waals surface area contributed by atoms with E-state index in [0.717, 1.165) is 9.13 Å². The van der Waals surface area contributed by atoms with E-state index in [0.29, 0.717) is 30.2 Å². The smallest absolute Gasteiger partial charge is 0.333 e. The monoisotopic (exact) mass is 540 g/mol. The zero-order chi connectivity index (χ0) is 23.1. The number of benzene rings is 1. The third kappa shape index (κ3) is 3.83. The van der Waals surface area contributed by atoms with Gasteiger partial charge in [-0.2, -0.15) is 0 Å². The molecule has 0 radical (unpaired) electrons. The van der Waals surface area contributed by atoms with Crippen molar-refractivity contribution in [3.05, 3.63) is 50.6 Å². The van der Waals surface area contributed by atoms with Crippen molar-refractivity contribution in [3.8, 4) is 0 Å². The van der Waals surface area contributed by atoms with Crippen molar-refractivity contribution >= 4 is 40.5 Å². The number of nitrogens with zero attached hydrogens (tertiary/aromatic N) is 2. The molecule has 3 N–H and O–H groups in total. The zero-order valence-electron chi connectivity index (χ0n) is 17.5. The fourth-order valence-corrected chi connectivity index (χ4v) is 4.80. The minimum Gasteiger partial charge on any atom is -0.480 e. The molecule has 1 aromatic heterocycles. The number of imidazole rings is 1. The standard InChI is InChI=1S/C22H25IN2O6/c1-11(2)18-24-16-12(3)4-9-15(22(19(26)27,20(28)29)21(30)31)17(16)25(18)10-13-5-7-14(23)8-6-13/h5-8,11-12,15H,4,9-10H2,1-3H3,(H,26,27)(H,28,29)(H,30,31). The van der Waals surface area contributed by atoms with Gasteiger partial charge < -0.3 is 19.9 Å². The lowest BCUT2D eigenvalue weighted by molar-refractivity contribution is -0.178. The maximum Gasteiger partial charge on any atom is 0.333 e. The van der Waals surface area contributed by atoms with Crippen LogP contribution < -0.4 is 0 Å². The zero-order valence-corrected chi connectivity index (χ0v) is 19.7. The summed E-state index contributed by atoms with van der Waals surface area (Å²) in [6.45, 7) is 6.21. The van der Waals surface area contributed by atoms with Crippen LogP contribution in [0.15, 0.2) is 24.3 Å². The number of hydrogen-bond acceptors (Lipinski definition) is 4. The molecule has 0 aliphatic heterocycles. The second-order valence-electron chi connectivity index (χ2n) is 8.36. The van der Waals surface area contributed by atoms with E-state index < -0.39 is 29.2 Å². The van der Waals surface area contributed by atoms with Crippen molar-refractivity contribution in [3.63, 3.8) is 0 Å². The number of aromatic nitrogens is 2. The van der Waals surface area contributed by atoms with Crippen LogP contribution in [-0.4, -0.2) is 42.8 Å². The quantitative estimate of drug-likeness (QED) is 0.359. The summed E-state index contributed by atoms with van der Waals surface area (Å²) in [6, 6.07) is 7.78. The molecule has 2 atom stereocenters. The molecule has 2 unspecified atom stereocenters. The first-order valence-corrected chi connectivity index (χ1v) is 11.1. The van der Waals surface area contributed by atoms with Gasteiger partial charge in [0.25, 0.3) is 5.41 Å². The van der Waals surface area contributed by atoms with Gasteiger partial charge in [-0.25, -0.2) is 4.98 Å². The van der Waals surface area contributed by atoms with Gasteiger partial charge in [0.1, 0.15) is 5.82 Å². The van der Waals surface area contributed by atoms with E-state index in [4.69, 9.17) is 4.98 Å². The molecule has 1 aromatic carbocycles. The van der Waals surface area contributed by atoms with Gasteiger partial charge in [-0.3, -0.25) is 14.4 Å². The summed E-state index contributed by atoms with van der Waals surface area (Å²) in [5, 5.41) is 29.5. The fraction of sp³-hybridized carbons (Fsp3) is 0.455. The van der Waals surface area contributed by atoms with Gasteiger partial charge in [0.2, 0.25) is 0 Å². The van der Waals surface area contributed by atoms with Gasteiger partial charge in [0, 0.05) is 33.6 Å². The van der Waals surface area contributed by atoms with Crippen molar-refractivity contribution < 1.29 is 29.7 Å². The first kappa shape index (κ1) is 23.2. The third-order valence-electron chi connectivity index (χ3n) is 6.06. The summed E-state index contributed by atoms with van der Waals surface area (Å²) in [5.74, 6) is -6.21. The van der Waals surface area contributed by atoms with Crippen LogP contribution >= 0.6 is 22.6 Å². The average molecular weight is 540 g/mol. The van der Waals surface area contributed by atoms with E-state index in [2.05, 4.69) is 22.6 Å². The number of rotatable bonds is 7. The van der Waals surface area contributed by atoms with Crippen molar-refractivity contribution in [2.75, 3.05) is 0 Å². The number of aliphatic carboxylic acids is 3. The molecule has 1 aliphatic carbocycles. The molecule has 166 valence electrons. The molecule has 31 heavy (non-hydrogen) atoms. The number of hydrogen-bond donors (Lipinski definition) is 3. The van der Waals surface area contributed by atoms with Crippen LogP contribution in [0.3, 0.4) is 0 Å². The highest BCUT2D eigenvalue weighted by Gasteiger charge is 2.62. The van der Waals surface area contributed by atoms with Crippen LogP contribution in [-0.2, 0) is 20.9 Å². The Morgan fingerprint density at radius 1 is 1.10 bits per heavy atom. The summed E-state index contributed by atoms with van der Waals surface area (Å²) < 4.78 is 2.90. The Labute approximate surface area is 193 Å². The van der Waals surface area contributed by atoms with E-state index in [-0.39, 0.29) is 18.3 Å². The highest BCUT2D eigenvalue weighted by molar-refractivity contribution is 14.1. The van der Waals surface area contributed by atoms with E-state index >= 15 is 0 Å². The van der Waals surface area contributed by atoms with E-state index in [1.165, 1.54) is 0 Å². The topological polar surface area (TPSA) is 130 Å². The molecule has 3 rings (SSSR count). The maximum absolute atomic E-state index is 12.2. The third-order valence-corrected chi connectivity index (χ3v) is 6.77. The van der Waals surface area contributed by atoms with Gasteiger partial charge in [-0.05, 0) is 53.1 Å². The molecule has 0 spiro atoms. The highest BCUT2D eigenvalue weighted by Crippen LogP contribution is 2.49. The van der Waals surface area contributed by atoms with Gasteiger partial charge in [-0.1, -0.05) is 32.9 Å². The number of fused-ring (bicyclic) bond motifs is 1. The number of halogens is 1. The lowest BCUT2D eigenvalue weighted by atomic mass is 9.67. The molecule has 0 amide bonds. The van der Waals surface area contributed by atoms with Crippen molar-refractivity contribution in [1.82, 2.24) is 9.55 Å². The molecule has 2 aromatic rings. The molecule has 0 fully saturated rings. The van der Waals surface area contributed by atoms with Crippen LogP contribution in [0, 0.1) is 8.99 Å². The Morgan fingerprint density at radius 3 is 2.13 bits per heavy atom. The Balaban J connectivity index is 2.29. The minimum absolute atomic E-state index is 0.0174. The molecule has 1 aliphatic rings. The Bertz CT molecular complexity index is 991. The molecular weight excluding hydrogens is 515 g/mol. The lowest BCUT2D eigenvalue weighted by Gasteiger charge is -2.35. The summed E-state index contributed by atoms with van der Waals surface area (Å²) in [5.41, 5.74) is -1.04. The molecule has 1 heterocycles. The first-order valence-electron chi connectivity index (χ1n) is 10.1. The van der Waals surface area contributed by atoms with Gasteiger partial charge in [0.15, 0.2) is 0 Å². The Hall–Kier alpha value is -2.43. The molecule has 9 heteroatoms. The maximum atomic E-state index is 12.2. The van der Waals surface area contributed by atoms with Crippen LogP contribution in [0.5, 0.6) is 0 Å². The SMILES string of the molecule is CC(C)c1nc2c(n1Cc1ccc(I)cc1)C(C(C(=O)O)(C(=O)O)C(=O)O)CCC2C. The summed E-state index contributed by atoms with van der Waals surface area (Å²) >= 11 is 2.20. The summed E-state index contributed by atoms with van der Waals surface area (Å²) in [4.78, 5) is 41.2. The van der Waals surface area contributed by atoms with Gasteiger partial charge in [-0.15, -0.1) is 0 Å². The number of carbonyl (C=O) groups is 3. The molecule has 0 saturated carbocycles.